The lowest BCUT2D eigenvalue weighted by atomic mass is 10.6. The monoisotopic (exact) mass is 200 g/mol. The molecule has 14 heavy (non-hydrogen) atoms. The number of carbonyl (C=O) groups excluding carboxylic acids is 1. The van der Waals surface area contributed by atoms with Crippen LogP contribution < -0.4 is 0 Å². The minimum Gasteiger partial charge on any atom is -0.460 e. The number of esters is 1. The first-order valence-electron chi connectivity index (χ1n) is 4.37. The fourth-order valence-corrected chi connectivity index (χ4v) is 0.647. The maximum atomic E-state index is 10.6. The molecular formula is C10H16O4. The average Bonchev–Trinajstić information content (AvgIpc) is 2.21. The predicted molar refractivity (Wildman–Crippen MR) is 53.0 cm³/mol. The molecule has 0 saturated heterocycles. The second-order valence-electron chi connectivity index (χ2n) is 2.35. The summed E-state index contributed by atoms with van der Waals surface area (Å²) in [6.45, 7) is 8.91. The van der Waals surface area contributed by atoms with Gasteiger partial charge in [-0.1, -0.05) is 12.7 Å². The Kier molecular flexibility index (Phi) is 9.15. The molecule has 4 nitrogen and oxygen atoms in total. The maximum Gasteiger partial charge on any atom is 0.330 e. The molecule has 0 rings (SSSR count). The molecule has 0 aromatic rings. The van der Waals surface area contributed by atoms with E-state index in [1.165, 1.54) is 0 Å². The molecule has 0 atom stereocenters. The third kappa shape index (κ3) is 8.96. The van der Waals surface area contributed by atoms with Crippen LogP contribution in [0.5, 0.6) is 0 Å². The Labute approximate surface area is 84.1 Å². The highest BCUT2D eigenvalue weighted by atomic mass is 16.6. The lowest BCUT2D eigenvalue weighted by Gasteiger charge is -2.04. The molecule has 0 N–H and O–H groups in total. The van der Waals surface area contributed by atoms with Gasteiger partial charge in [-0.25, -0.2) is 4.79 Å². The quantitative estimate of drug-likeness (QED) is 0.240. The van der Waals surface area contributed by atoms with Crippen molar-refractivity contribution >= 4 is 5.97 Å². The lowest BCUT2D eigenvalue weighted by molar-refractivity contribution is -0.139. The first-order valence-corrected chi connectivity index (χ1v) is 4.37. The fraction of sp³-hybridized carbons (Fsp3) is 0.500. The highest BCUT2D eigenvalue weighted by Crippen LogP contribution is 1.82. The van der Waals surface area contributed by atoms with Crippen molar-refractivity contribution in [2.45, 2.75) is 0 Å². The van der Waals surface area contributed by atoms with Crippen LogP contribution in [0.1, 0.15) is 0 Å². The molecule has 0 radical (unpaired) electrons. The van der Waals surface area contributed by atoms with Crippen LogP contribution in [-0.4, -0.2) is 39.0 Å². The number of hydrogen-bond acceptors (Lipinski definition) is 4. The van der Waals surface area contributed by atoms with Crippen molar-refractivity contribution in [2.24, 2.45) is 0 Å². The summed E-state index contributed by atoms with van der Waals surface area (Å²) < 4.78 is 14.8. The third-order valence-electron chi connectivity index (χ3n) is 1.25. The first kappa shape index (κ1) is 12.9. The highest BCUT2D eigenvalue weighted by molar-refractivity contribution is 5.81. The molecule has 0 bridgehead atoms. The molecule has 0 fully saturated rings. The van der Waals surface area contributed by atoms with Gasteiger partial charge in [0.2, 0.25) is 0 Å². The molecule has 0 spiro atoms. The standard InChI is InChI=1S/C10H16O4/c1-3-5-12-6-7-13-8-9-14-10(11)4-2/h3-4H,1-2,5-9H2. The van der Waals surface area contributed by atoms with E-state index in [-0.39, 0.29) is 6.61 Å². The molecule has 0 aliphatic carbocycles. The van der Waals surface area contributed by atoms with Crippen LogP contribution in [0.2, 0.25) is 0 Å². The Balaban J connectivity index is 3.02. The predicted octanol–water partition coefficient (Wildman–Crippen LogP) is 0.935. The van der Waals surface area contributed by atoms with Crippen molar-refractivity contribution in [2.75, 3.05) is 33.0 Å². The Bertz CT molecular complexity index is 177. The number of hydrogen-bond donors (Lipinski definition) is 0. The van der Waals surface area contributed by atoms with E-state index in [9.17, 15) is 4.79 Å². The fourth-order valence-electron chi connectivity index (χ4n) is 0.647. The Morgan fingerprint density at radius 3 is 2.36 bits per heavy atom. The molecule has 0 heterocycles. The van der Waals surface area contributed by atoms with Crippen LogP contribution in [0.15, 0.2) is 25.3 Å². The molecule has 0 aromatic heterocycles. The van der Waals surface area contributed by atoms with E-state index in [2.05, 4.69) is 17.9 Å². The van der Waals surface area contributed by atoms with Crippen LogP contribution in [0.3, 0.4) is 0 Å². The summed E-state index contributed by atoms with van der Waals surface area (Å²) in [6.07, 6.45) is 2.79. The third-order valence-corrected chi connectivity index (χ3v) is 1.25. The molecule has 0 aromatic carbocycles. The Morgan fingerprint density at radius 2 is 1.71 bits per heavy atom. The molecule has 0 amide bonds. The van der Waals surface area contributed by atoms with E-state index in [1.54, 1.807) is 6.08 Å². The van der Waals surface area contributed by atoms with Gasteiger partial charge < -0.3 is 14.2 Å². The van der Waals surface area contributed by atoms with E-state index < -0.39 is 5.97 Å². The lowest BCUT2D eigenvalue weighted by Crippen LogP contribution is -2.11. The van der Waals surface area contributed by atoms with Crippen LogP contribution >= 0.6 is 0 Å². The topological polar surface area (TPSA) is 44.8 Å². The zero-order valence-electron chi connectivity index (χ0n) is 8.24. The van der Waals surface area contributed by atoms with Gasteiger partial charge in [0.1, 0.15) is 6.61 Å². The molecular weight excluding hydrogens is 184 g/mol. The zero-order chi connectivity index (χ0) is 10.6. The van der Waals surface area contributed by atoms with E-state index in [1.807, 2.05) is 0 Å². The Hall–Kier alpha value is -1.13. The number of rotatable bonds is 9. The molecule has 80 valence electrons. The van der Waals surface area contributed by atoms with Crippen LogP contribution in [0.4, 0.5) is 0 Å². The van der Waals surface area contributed by atoms with Crippen LogP contribution in [0.25, 0.3) is 0 Å². The molecule has 0 aliphatic rings. The number of carbonyl (C=O) groups is 1. The van der Waals surface area contributed by atoms with Gasteiger partial charge in [-0.3, -0.25) is 0 Å². The molecule has 0 saturated carbocycles. The van der Waals surface area contributed by atoms with Crippen molar-refractivity contribution in [3.63, 3.8) is 0 Å². The Morgan fingerprint density at radius 1 is 1.07 bits per heavy atom. The van der Waals surface area contributed by atoms with Gasteiger partial charge in [0.05, 0.1) is 26.4 Å². The van der Waals surface area contributed by atoms with Gasteiger partial charge in [0.15, 0.2) is 0 Å². The van der Waals surface area contributed by atoms with Crippen molar-refractivity contribution < 1.29 is 19.0 Å². The van der Waals surface area contributed by atoms with Crippen molar-refractivity contribution in [1.82, 2.24) is 0 Å². The first-order chi connectivity index (χ1) is 6.81. The second kappa shape index (κ2) is 9.95. The summed E-state index contributed by atoms with van der Waals surface area (Å²) in [5.74, 6) is -0.434. The summed E-state index contributed by atoms with van der Waals surface area (Å²) in [5, 5.41) is 0. The van der Waals surface area contributed by atoms with Crippen LogP contribution in [0, 0.1) is 0 Å². The maximum absolute atomic E-state index is 10.6. The average molecular weight is 200 g/mol. The summed E-state index contributed by atoms with van der Waals surface area (Å²) in [5.41, 5.74) is 0. The second-order valence-corrected chi connectivity index (χ2v) is 2.35. The van der Waals surface area contributed by atoms with Gasteiger partial charge in [0.25, 0.3) is 0 Å². The summed E-state index contributed by atoms with van der Waals surface area (Å²) in [6, 6.07) is 0. The minimum atomic E-state index is -0.434. The normalized spacial score (nSPS) is 9.43. The summed E-state index contributed by atoms with van der Waals surface area (Å²) in [7, 11) is 0. The van der Waals surface area contributed by atoms with Crippen LogP contribution in [-0.2, 0) is 19.0 Å². The summed E-state index contributed by atoms with van der Waals surface area (Å²) >= 11 is 0. The van der Waals surface area contributed by atoms with E-state index in [0.717, 1.165) is 6.08 Å². The van der Waals surface area contributed by atoms with Gasteiger partial charge in [-0.2, -0.15) is 0 Å². The van der Waals surface area contributed by atoms with Gasteiger partial charge in [0, 0.05) is 6.08 Å². The van der Waals surface area contributed by atoms with Crippen molar-refractivity contribution in [3.8, 4) is 0 Å². The molecule has 0 unspecified atom stereocenters. The largest absolute Gasteiger partial charge is 0.460 e. The number of ether oxygens (including phenoxy) is 3. The van der Waals surface area contributed by atoms with Gasteiger partial charge in [-0.15, -0.1) is 6.58 Å². The van der Waals surface area contributed by atoms with Crippen molar-refractivity contribution in [1.29, 1.82) is 0 Å². The smallest absolute Gasteiger partial charge is 0.330 e. The SMILES string of the molecule is C=CCOCCOCCOC(=O)C=C. The molecule has 0 aliphatic heterocycles. The van der Waals surface area contributed by atoms with Gasteiger partial charge in [-0.05, 0) is 0 Å². The van der Waals surface area contributed by atoms with E-state index in [0.29, 0.717) is 26.4 Å². The van der Waals surface area contributed by atoms with Crippen molar-refractivity contribution in [3.05, 3.63) is 25.3 Å². The summed E-state index contributed by atoms with van der Waals surface area (Å²) in [4.78, 5) is 10.6. The van der Waals surface area contributed by atoms with E-state index >= 15 is 0 Å². The minimum absolute atomic E-state index is 0.242. The highest BCUT2D eigenvalue weighted by Gasteiger charge is 1.94. The van der Waals surface area contributed by atoms with Gasteiger partial charge >= 0.3 is 5.97 Å². The molecule has 4 heteroatoms. The van der Waals surface area contributed by atoms with E-state index in [4.69, 9.17) is 9.47 Å². The zero-order valence-corrected chi connectivity index (χ0v) is 8.24.